The molecule has 0 unspecified atom stereocenters. The Hall–Kier alpha value is -3.46. The van der Waals surface area contributed by atoms with Crippen molar-refractivity contribution in [3.8, 4) is 17.1 Å². The third-order valence-corrected chi connectivity index (χ3v) is 5.90. The molecule has 2 N–H and O–H groups in total. The van der Waals surface area contributed by atoms with Gasteiger partial charge in [0.1, 0.15) is 5.82 Å². The third-order valence-electron chi connectivity index (χ3n) is 4.97. The van der Waals surface area contributed by atoms with E-state index in [-0.39, 0.29) is 17.5 Å². The van der Waals surface area contributed by atoms with Gasteiger partial charge in [-0.15, -0.1) is 10.2 Å². The molecule has 7 nitrogen and oxygen atoms in total. The Morgan fingerprint density at radius 2 is 1.91 bits per heavy atom. The standard InChI is InChI=1S/C23H23FN6OS/c1-16-17(14-26-27-16)8-7-13-25-21(31)15-32-23-29-28-22(19-11-5-6-12-20(19)24)30(23)18-9-3-2-4-10-18/h2-6,9-12,14H,7-8,13,15H2,1H3,(H,25,31)(H,26,27). The first-order valence-corrected chi connectivity index (χ1v) is 11.3. The number of nitrogens with one attached hydrogen (secondary N) is 2. The van der Waals surface area contributed by atoms with Crippen LogP contribution in [0.5, 0.6) is 0 Å². The van der Waals surface area contributed by atoms with E-state index in [2.05, 4.69) is 25.7 Å². The average molecular weight is 451 g/mol. The van der Waals surface area contributed by atoms with Gasteiger partial charge in [0.25, 0.3) is 0 Å². The van der Waals surface area contributed by atoms with Crippen molar-refractivity contribution in [2.24, 2.45) is 0 Å². The average Bonchev–Trinajstić information content (AvgIpc) is 3.42. The normalized spacial score (nSPS) is 10.9. The molecule has 9 heteroatoms. The van der Waals surface area contributed by atoms with Crippen molar-refractivity contribution >= 4 is 17.7 Å². The largest absolute Gasteiger partial charge is 0.355 e. The van der Waals surface area contributed by atoms with Crippen molar-refractivity contribution in [1.29, 1.82) is 0 Å². The number of carbonyl (C=O) groups excluding carboxylic acids is 1. The molecule has 0 aliphatic carbocycles. The number of aryl methyl sites for hydroxylation is 2. The van der Waals surface area contributed by atoms with Crippen LogP contribution in [-0.4, -0.2) is 43.2 Å². The second-order valence-corrected chi connectivity index (χ2v) is 8.16. The zero-order valence-electron chi connectivity index (χ0n) is 17.6. The molecular formula is C23H23FN6OS. The molecule has 4 aromatic rings. The van der Waals surface area contributed by atoms with Gasteiger partial charge < -0.3 is 5.32 Å². The Morgan fingerprint density at radius 1 is 1.12 bits per heavy atom. The summed E-state index contributed by atoms with van der Waals surface area (Å²) < 4.78 is 16.2. The highest BCUT2D eigenvalue weighted by molar-refractivity contribution is 7.99. The van der Waals surface area contributed by atoms with E-state index in [0.29, 0.717) is 23.1 Å². The first-order chi connectivity index (χ1) is 15.6. The molecule has 0 aliphatic rings. The van der Waals surface area contributed by atoms with Gasteiger partial charge in [-0.25, -0.2) is 4.39 Å². The van der Waals surface area contributed by atoms with Gasteiger partial charge in [-0.3, -0.25) is 14.5 Å². The Bertz CT molecular complexity index is 1190. The number of hydrogen-bond acceptors (Lipinski definition) is 5. The molecule has 2 heterocycles. The minimum atomic E-state index is -0.376. The molecule has 32 heavy (non-hydrogen) atoms. The lowest BCUT2D eigenvalue weighted by Gasteiger charge is -2.11. The van der Waals surface area contributed by atoms with Crippen molar-refractivity contribution in [1.82, 2.24) is 30.3 Å². The van der Waals surface area contributed by atoms with Crippen LogP contribution in [0.2, 0.25) is 0 Å². The van der Waals surface area contributed by atoms with E-state index in [9.17, 15) is 9.18 Å². The number of halogens is 1. The SMILES string of the molecule is Cc1[nH]ncc1CCCNC(=O)CSc1nnc(-c2ccccc2F)n1-c1ccccc1. The fourth-order valence-electron chi connectivity index (χ4n) is 3.31. The van der Waals surface area contributed by atoms with Crippen LogP contribution in [0.4, 0.5) is 4.39 Å². The summed E-state index contributed by atoms with van der Waals surface area (Å²) in [6, 6.07) is 15.9. The summed E-state index contributed by atoms with van der Waals surface area (Å²) in [5.74, 6) is 0.119. The predicted molar refractivity (Wildman–Crippen MR) is 122 cm³/mol. The Labute approximate surface area is 189 Å². The van der Waals surface area contributed by atoms with Crippen molar-refractivity contribution in [3.63, 3.8) is 0 Å². The molecule has 164 valence electrons. The maximum atomic E-state index is 14.4. The number of nitrogens with zero attached hydrogens (tertiary/aromatic N) is 4. The topological polar surface area (TPSA) is 88.5 Å². The van der Waals surface area contributed by atoms with Gasteiger partial charge in [-0.05, 0) is 49.6 Å². The number of aromatic amines is 1. The van der Waals surface area contributed by atoms with Crippen molar-refractivity contribution in [2.45, 2.75) is 24.9 Å². The fourth-order valence-corrected chi connectivity index (χ4v) is 4.09. The van der Waals surface area contributed by atoms with Crippen molar-refractivity contribution in [2.75, 3.05) is 12.3 Å². The lowest BCUT2D eigenvalue weighted by atomic mass is 10.1. The van der Waals surface area contributed by atoms with Crippen LogP contribution in [0.15, 0.2) is 66.0 Å². The second-order valence-electron chi connectivity index (χ2n) is 7.22. The van der Waals surface area contributed by atoms with Crippen LogP contribution in [-0.2, 0) is 11.2 Å². The van der Waals surface area contributed by atoms with Crippen LogP contribution in [0.1, 0.15) is 17.7 Å². The van der Waals surface area contributed by atoms with E-state index in [4.69, 9.17) is 0 Å². The third kappa shape index (κ3) is 5.05. The van der Waals surface area contributed by atoms with E-state index in [1.165, 1.54) is 17.8 Å². The van der Waals surface area contributed by atoms with Gasteiger partial charge in [0.05, 0.1) is 17.5 Å². The number of amides is 1. The summed E-state index contributed by atoms with van der Waals surface area (Å²) in [6.45, 7) is 2.56. The lowest BCUT2D eigenvalue weighted by molar-refractivity contribution is -0.118. The van der Waals surface area contributed by atoms with E-state index in [1.807, 2.05) is 43.5 Å². The molecule has 2 aromatic heterocycles. The Kier molecular flexibility index (Phi) is 6.96. The molecule has 0 spiro atoms. The fraction of sp³-hybridized carbons (Fsp3) is 0.217. The van der Waals surface area contributed by atoms with Gasteiger partial charge in [0.2, 0.25) is 5.91 Å². The van der Waals surface area contributed by atoms with Gasteiger partial charge in [-0.2, -0.15) is 5.10 Å². The number of thioether (sulfide) groups is 1. The minimum absolute atomic E-state index is 0.0889. The molecule has 0 atom stereocenters. The monoisotopic (exact) mass is 450 g/mol. The summed E-state index contributed by atoms with van der Waals surface area (Å²) in [6.07, 6.45) is 3.50. The molecule has 2 aromatic carbocycles. The summed E-state index contributed by atoms with van der Waals surface area (Å²) in [4.78, 5) is 12.4. The number of H-pyrrole nitrogens is 1. The molecule has 0 radical (unpaired) electrons. The van der Waals surface area contributed by atoms with Gasteiger partial charge in [0.15, 0.2) is 11.0 Å². The minimum Gasteiger partial charge on any atom is -0.355 e. The summed E-state index contributed by atoms with van der Waals surface area (Å²) >= 11 is 1.27. The maximum Gasteiger partial charge on any atom is 0.230 e. The molecule has 0 aliphatic heterocycles. The summed E-state index contributed by atoms with van der Waals surface area (Å²) in [5, 5.41) is 18.8. The van der Waals surface area contributed by atoms with Gasteiger partial charge in [0, 0.05) is 17.9 Å². The van der Waals surface area contributed by atoms with E-state index >= 15 is 0 Å². The molecular weight excluding hydrogens is 427 g/mol. The maximum absolute atomic E-state index is 14.4. The van der Waals surface area contributed by atoms with Crippen LogP contribution < -0.4 is 5.32 Å². The second kappa shape index (κ2) is 10.2. The predicted octanol–water partition coefficient (Wildman–Crippen LogP) is 3.95. The summed E-state index contributed by atoms with van der Waals surface area (Å²) in [7, 11) is 0. The first-order valence-electron chi connectivity index (χ1n) is 10.3. The molecule has 0 saturated heterocycles. The molecule has 0 saturated carbocycles. The number of para-hydroxylation sites is 1. The first kappa shape index (κ1) is 21.8. The lowest BCUT2D eigenvalue weighted by Crippen LogP contribution is -2.26. The molecule has 0 fully saturated rings. The number of aromatic nitrogens is 5. The number of benzene rings is 2. The quantitative estimate of drug-likeness (QED) is 0.298. The van der Waals surface area contributed by atoms with Crippen LogP contribution >= 0.6 is 11.8 Å². The van der Waals surface area contributed by atoms with Crippen LogP contribution in [0.25, 0.3) is 17.1 Å². The number of hydrogen-bond donors (Lipinski definition) is 2. The Balaban J connectivity index is 1.43. The molecule has 1 amide bonds. The highest BCUT2D eigenvalue weighted by atomic mass is 32.2. The van der Waals surface area contributed by atoms with E-state index in [1.54, 1.807) is 22.8 Å². The van der Waals surface area contributed by atoms with Gasteiger partial charge >= 0.3 is 0 Å². The van der Waals surface area contributed by atoms with E-state index < -0.39 is 0 Å². The van der Waals surface area contributed by atoms with Crippen molar-refractivity contribution in [3.05, 3.63) is 77.9 Å². The molecule has 4 rings (SSSR count). The number of carbonyl (C=O) groups is 1. The number of rotatable bonds is 9. The molecule has 0 bridgehead atoms. The van der Waals surface area contributed by atoms with Gasteiger partial charge in [-0.1, -0.05) is 42.1 Å². The highest BCUT2D eigenvalue weighted by Gasteiger charge is 2.19. The van der Waals surface area contributed by atoms with Crippen molar-refractivity contribution < 1.29 is 9.18 Å². The van der Waals surface area contributed by atoms with Crippen LogP contribution in [0, 0.1) is 12.7 Å². The smallest absolute Gasteiger partial charge is 0.230 e. The van der Waals surface area contributed by atoms with E-state index in [0.717, 1.165) is 29.8 Å². The zero-order valence-corrected chi connectivity index (χ0v) is 18.4. The zero-order chi connectivity index (χ0) is 22.3. The Morgan fingerprint density at radius 3 is 2.66 bits per heavy atom. The van der Waals surface area contributed by atoms with Crippen LogP contribution in [0.3, 0.4) is 0 Å². The summed E-state index contributed by atoms with van der Waals surface area (Å²) in [5.41, 5.74) is 3.37. The highest BCUT2D eigenvalue weighted by Crippen LogP contribution is 2.29.